The molecule has 2 fully saturated rings. The number of nitrogens with zero attached hydrogens (tertiary/aromatic N) is 2. The first-order chi connectivity index (χ1) is 8.33. The lowest BCUT2D eigenvalue weighted by molar-refractivity contribution is 0.114. The van der Waals surface area contributed by atoms with Gasteiger partial charge in [-0.2, -0.15) is 0 Å². The van der Waals surface area contributed by atoms with E-state index in [4.69, 9.17) is 16.3 Å². The van der Waals surface area contributed by atoms with Crippen LogP contribution in [0, 0.1) is 0 Å². The lowest BCUT2D eigenvalue weighted by Gasteiger charge is -2.32. The van der Waals surface area contributed by atoms with E-state index < -0.39 is 0 Å². The van der Waals surface area contributed by atoms with Crippen LogP contribution >= 0.6 is 11.6 Å². The molecule has 0 radical (unpaired) electrons. The van der Waals surface area contributed by atoms with Gasteiger partial charge in [0.25, 0.3) is 0 Å². The maximum absolute atomic E-state index is 5.95. The Balaban J connectivity index is 1.67. The Kier molecular flexibility index (Phi) is 3.18. The lowest BCUT2D eigenvalue weighted by atomic mass is 10.1. The lowest BCUT2D eigenvalue weighted by Crippen LogP contribution is -2.52. The highest BCUT2D eigenvalue weighted by atomic mass is 35.5. The van der Waals surface area contributed by atoms with E-state index in [1.807, 2.05) is 12.1 Å². The summed E-state index contributed by atoms with van der Waals surface area (Å²) in [6, 6.07) is 4.14. The van der Waals surface area contributed by atoms with Crippen molar-refractivity contribution in [3.63, 3.8) is 0 Å². The van der Waals surface area contributed by atoms with Gasteiger partial charge < -0.3 is 10.1 Å². The quantitative estimate of drug-likeness (QED) is 0.858. The second kappa shape index (κ2) is 4.80. The first-order valence-corrected chi connectivity index (χ1v) is 6.44. The van der Waals surface area contributed by atoms with E-state index in [-0.39, 0.29) is 6.10 Å². The van der Waals surface area contributed by atoms with Crippen LogP contribution in [0.15, 0.2) is 18.3 Å². The third-order valence-corrected chi connectivity index (χ3v) is 3.72. The van der Waals surface area contributed by atoms with Gasteiger partial charge in [-0.25, -0.2) is 4.98 Å². The highest BCUT2D eigenvalue weighted by molar-refractivity contribution is 6.30. The molecule has 1 aromatic heterocycles. The molecule has 2 atom stereocenters. The standard InChI is InChI=1S/C12H16ClN3O/c13-9-1-2-12(15-7-9)17-11-3-5-16-6-4-14-8-10(11)16/h1-2,7,10-11,14H,3-6,8H2/t10-,11+/m0/s1. The monoisotopic (exact) mass is 253 g/mol. The van der Waals surface area contributed by atoms with Crippen LogP contribution in [-0.2, 0) is 0 Å². The van der Waals surface area contributed by atoms with Crippen molar-refractivity contribution in [2.24, 2.45) is 0 Å². The van der Waals surface area contributed by atoms with E-state index >= 15 is 0 Å². The summed E-state index contributed by atoms with van der Waals surface area (Å²) < 4.78 is 5.95. The second-order valence-corrected chi connectivity index (χ2v) is 5.00. The molecule has 0 spiro atoms. The molecule has 2 aliphatic heterocycles. The number of pyridine rings is 1. The molecule has 0 unspecified atom stereocenters. The number of halogens is 1. The summed E-state index contributed by atoms with van der Waals surface area (Å²) in [6.45, 7) is 4.35. The maximum Gasteiger partial charge on any atom is 0.213 e. The fraction of sp³-hybridized carbons (Fsp3) is 0.583. The Morgan fingerprint density at radius 1 is 1.41 bits per heavy atom. The van der Waals surface area contributed by atoms with Crippen molar-refractivity contribution in [3.8, 4) is 5.88 Å². The van der Waals surface area contributed by atoms with Crippen LogP contribution < -0.4 is 10.1 Å². The molecule has 0 saturated carbocycles. The van der Waals surface area contributed by atoms with Gasteiger partial charge in [0.1, 0.15) is 6.10 Å². The normalized spacial score (nSPS) is 29.0. The van der Waals surface area contributed by atoms with E-state index in [1.54, 1.807) is 6.20 Å². The molecule has 0 aromatic carbocycles. The Labute approximate surface area is 106 Å². The van der Waals surface area contributed by atoms with E-state index in [0.717, 1.165) is 32.6 Å². The molecule has 2 saturated heterocycles. The molecular formula is C12H16ClN3O. The minimum Gasteiger partial charge on any atom is -0.473 e. The number of rotatable bonds is 2. The van der Waals surface area contributed by atoms with Crippen molar-refractivity contribution in [1.29, 1.82) is 0 Å². The van der Waals surface area contributed by atoms with Gasteiger partial charge in [-0.1, -0.05) is 11.6 Å². The summed E-state index contributed by atoms with van der Waals surface area (Å²) in [7, 11) is 0. The fourth-order valence-corrected chi connectivity index (χ4v) is 2.73. The van der Waals surface area contributed by atoms with Gasteiger partial charge >= 0.3 is 0 Å². The first-order valence-electron chi connectivity index (χ1n) is 6.06. The van der Waals surface area contributed by atoms with Crippen LogP contribution in [0.2, 0.25) is 5.02 Å². The molecule has 4 nitrogen and oxygen atoms in total. The number of nitrogens with one attached hydrogen (secondary N) is 1. The summed E-state index contributed by atoms with van der Waals surface area (Å²) in [5.41, 5.74) is 0. The van der Waals surface area contributed by atoms with Crippen molar-refractivity contribution < 1.29 is 4.74 Å². The van der Waals surface area contributed by atoms with Crippen molar-refractivity contribution in [3.05, 3.63) is 23.4 Å². The van der Waals surface area contributed by atoms with Crippen LogP contribution in [0.5, 0.6) is 5.88 Å². The zero-order valence-electron chi connectivity index (χ0n) is 9.60. The molecule has 3 rings (SSSR count). The maximum atomic E-state index is 5.95. The topological polar surface area (TPSA) is 37.4 Å². The largest absolute Gasteiger partial charge is 0.473 e. The first kappa shape index (κ1) is 11.3. The van der Waals surface area contributed by atoms with Crippen molar-refractivity contribution in [2.75, 3.05) is 26.2 Å². The van der Waals surface area contributed by atoms with Crippen LogP contribution in [0.1, 0.15) is 6.42 Å². The number of hydrogen-bond donors (Lipinski definition) is 1. The Bertz CT molecular complexity index is 384. The van der Waals surface area contributed by atoms with Gasteiger partial charge in [0, 0.05) is 38.4 Å². The number of aromatic nitrogens is 1. The minimum atomic E-state index is 0.247. The highest BCUT2D eigenvalue weighted by Gasteiger charge is 2.37. The summed E-state index contributed by atoms with van der Waals surface area (Å²) in [4.78, 5) is 6.68. The van der Waals surface area contributed by atoms with Crippen LogP contribution in [0.25, 0.3) is 0 Å². The zero-order chi connectivity index (χ0) is 11.7. The van der Waals surface area contributed by atoms with Gasteiger partial charge in [-0.05, 0) is 12.5 Å². The third kappa shape index (κ3) is 2.39. The smallest absolute Gasteiger partial charge is 0.213 e. The minimum absolute atomic E-state index is 0.247. The van der Waals surface area contributed by atoms with Crippen LogP contribution in [0.3, 0.4) is 0 Å². The molecule has 5 heteroatoms. The molecule has 3 heterocycles. The Morgan fingerprint density at radius 3 is 3.18 bits per heavy atom. The van der Waals surface area contributed by atoms with Gasteiger partial charge in [-0.3, -0.25) is 4.90 Å². The van der Waals surface area contributed by atoms with Crippen LogP contribution in [-0.4, -0.2) is 48.2 Å². The number of hydrogen-bond acceptors (Lipinski definition) is 4. The summed E-state index contributed by atoms with van der Waals surface area (Å²) >= 11 is 5.80. The van der Waals surface area contributed by atoms with E-state index in [0.29, 0.717) is 16.9 Å². The van der Waals surface area contributed by atoms with E-state index in [2.05, 4.69) is 15.2 Å². The Hall–Kier alpha value is -0.840. The average Bonchev–Trinajstić information content (AvgIpc) is 2.76. The molecule has 1 aromatic rings. The van der Waals surface area contributed by atoms with Crippen molar-refractivity contribution >= 4 is 11.6 Å². The predicted octanol–water partition coefficient (Wildman–Crippen LogP) is 1.16. The molecule has 0 amide bonds. The second-order valence-electron chi connectivity index (χ2n) is 4.57. The molecule has 0 bridgehead atoms. The number of piperazine rings is 1. The zero-order valence-corrected chi connectivity index (χ0v) is 10.4. The summed E-state index contributed by atoms with van der Waals surface area (Å²) in [5, 5.41) is 4.06. The third-order valence-electron chi connectivity index (χ3n) is 3.50. The number of ether oxygens (including phenoxy) is 1. The fourth-order valence-electron chi connectivity index (χ4n) is 2.62. The van der Waals surface area contributed by atoms with E-state index in [9.17, 15) is 0 Å². The predicted molar refractivity (Wildman–Crippen MR) is 66.5 cm³/mol. The molecule has 0 aliphatic carbocycles. The van der Waals surface area contributed by atoms with E-state index in [1.165, 1.54) is 0 Å². The van der Waals surface area contributed by atoms with Crippen molar-refractivity contribution in [1.82, 2.24) is 15.2 Å². The molecular weight excluding hydrogens is 238 g/mol. The van der Waals surface area contributed by atoms with Gasteiger partial charge in [-0.15, -0.1) is 0 Å². The van der Waals surface area contributed by atoms with Gasteiger partial charge in [0.2, 0.25) is 5.88 Å². The molecule has 1 N–H and O–H groups in total. The van der Waals surface area contributed by atoms with Gasteiger partial charge in [0.15, 0.2) is 0 Å². The van der Waals surface area contributed by atoms with Crippen molar-refractivity contribution in [2.45, 2.75) is 18.6 Å². The summed E-state index contributed by atoms with van der Waals surface area (Å²) in [6.07, 6.45) is 2.95. The SMILES string of the molecule is Clc1ccc(O[C@@H]2CCN3CCNC[C@@H]23)nc1. The number of fused-ring (bicyclic) bond motifs is 1. The Morgan fingerprint density at radius 2 is 2.35 bits per heavy atom. The molecule has 92 valence electrons. The van der Waals surface area contributed by atoms with Gasteiger partial charge in [0.05, 0.1) is 11.1 Å². The summed E-state index contributed by atoms with van der Waals surface area (Å²) in [5.74, 6) is 0.673. The highest BCUT2D eigenvalue weighted by Crippen LogP contribution is 2.24. The molecule has 17 heavy (non-hydrogen) atoms. The van der Waals surface area contributed by atoms with Crippen LogP contribution in [0.4, 0.5) is 0 Å². The average molecular weight is 254 g/mol. The molecule has 2 aliphatic rings.